The summed E-state index contributed by atoms with van der Waals surface area (Å²) in [6.45, 7) is 2.87. The largest absolute Gasteiger partial charge is 0.401 e. The Kier molecular flexibility index (Phi) is 11.5. The first-order valence-corrected chi connectivity index (χ1v) is 6.53. The molecule has 4 nitrogen and oxygen atoms in total. The number of alkyl halides is 3. The molecule has 0 radical (unpaired) electrons. The molecule has 0 bridgehead atoms. The molecule has 0 saturated carbocycles. The second-order valence-electron chi connectivity index (χ2n) is 5.21. The van der Waals surface area contributed by atoms with E-state index in [9.17, 15) is 18.0 Å². The zero-order valence-corrected chi connectivity index (χ0v) is 13.8. The fraction of sp³-hybridized carbons (Fsp3) is 0.917. The Labute approximate surface area is 136 Å². The number of nitrogens with zero attached hydrogens (tertiary/aromatic N) is 1. The summed E-state index contributed by atoms with van der Waals surface area (Å²) in [7, 11) is 1.77. The van der Waals surface area contributed by atoms with Gasteiger partial charge in [0.05, 0.1) is 6.54 Å². The molecule has 1 amide bonds. The third-order valence-electron chi connectivity index (χ3n) is 3.30. The van der Waals surface area contributed by atoms with Crippen LogP contribution in [-0.4, -0.2) is 56.8 Å². The van der Waals surface area contributed by atoms with Crippen molar-refractivity contribution in [3.05, 3.63) is 0 Å². The van der Waals surface area contributed by atoms with Crippen LogP contribution in [0.1, 0.15) is 13.3 Å². The molecule has 9 heteroatoms. The minimum Gasteiger partial charge on any atom is -0.356 e. The Morgan fingerprint density at radius 2 is 2.00 bits per heavy atom. The monoisotopic (exact) mass is 353 g/mol. The molecule has 1 rings (SSSR count). The number of rotatable bonds is 6. The Balaban J connectivity index is 0. The van der Waals surface area contributed by atoms with Gasteiger partial charge in [0.15, 0.2) is 0 Å². The van der Waals surface area contributed by atoms with Crippen molar-refractivity contribution in [3.8, 4) is 0 Å². The predicted octanol–water partition coefficient (Wildman–Crippen LogP) is 1.69. The van der Waals surface area contributed by atoms with Crippen LogP contribution in [0.4, 0.5) is 13.2 Å². The number of halogens is 5. The van der Waals surface area contributed by atoms with Crippen molar-refractivity contribution in [1.82, 2.24) is 15.5 Å². The van der Waals surface area contributed by atoms with Crippen molar-refractivity contribution in [1.29, 1.82) is 0 Å². The highest BCUT2D eigenvalue weighted by atomic mass is 35.5. The quantitative estimate of drug-likeness (QED) is 0.763. The first-order chi connectivity index (χ1) is 8.81. The van der Waals surface area contributed by atoms with E-state index >= 15 is 0 Å². The van der Waals surface area contributed by atoms with Crippen LogP contribution in [0, 0.1) is 11.8 Å². The van der Waals surface area contributed by atoms with E-state index in [1.54, 1.807) is 7.05 Å². The summed E-state index contributed by atoms with van der Waals surface area (Å²) >= 11 is 0. The first-order valence-electron chi connectivity index (χ1n) is 6.53. The zero-order valence-electron chi connectivity index (χ0n) is 12.2. The molecule has 1 aliphatic heterocycles. The van der Waals surface area contributed by atoms with E-state index in [2.05, 4.69) is 10.6 Å². The van der Waals surface area contributed by atoms with Crippen LogP contribution >= 0.6 is 24.8 Å². The molecule has 0 aliphatic carbocycles. The summed E-state index contributed by atoms with van der Waals surface area (Å²) in [5, 5.41) is 5.72. The Morgan fingerprint density at radius 3 is 2.52 bits per heavy atom. The van der Waals surface area contributed by atoms with Crippen molar-refractivity contribution < 1.29 is 18.0 Å². The van der Waals surface area contributed by atoms with Crippen molar-refractivity contribution in [2.45, 2.75) is 19.5 Å². The molecular formula is C12H24Cl2F3N3O. The highest BCUT2D eigenvalue weighted by Crippen LogP contribution is 2.22. The Hall–Kier alpha value is -0.240. The highest BCUT2D eigenvalue weighted by molar-refractivity contribution is 5.85. The lowest BCUT2D eigenvalue weighted by Gasteiger charge is -2.18. The van der Waals surface area contributed by atoms with Crippen molar-refractivity contribution in [3.63, 3.8) is 0 Å². The van der Waals surface area contributed by atoms with Crippen LogP contribution in [0.5, 0.6) is 0 Å². The second-order valence-corrected chi connectivity index (χ2v) is 5.21. The average Bonchev–Trinajstić information content (AvgIpc) is 2.71. The molecule has 128 valence electrons. The molecule has 2 atom stereocenters. The summed E-state index contributed by atoms with van der Waals surface area (Å²) < 4.78 is 36.7. The van der Waals surface area contributed by atoms with Gasteiger partial charge < -0.3 is 10.6 Å². The van der Waals surface area contributed by atoms with Crippen LogP contribution < -0.4 is 10.6 Å². The van der Waals surface area contributed by atoms with E-state index in [1.807, 2.05) is 6.92 Å². The Morgan fingerprint density at radius 1 is 1.38 bits per heavy atom. The highest BCUT2D eigenvalue weighted by Gasteiger charge is 2.34. The number of likely N-dealkylation sites (tertiary alicyclic amines) is 1. The van der Waals surface area contributed by atoms with Crippen LogP contribution in [0.2, 0.25) is 0 Å². The van der Waals surface area contributed by atoms with Gasteiger partial charge in [0.25, 0.3) is 0 Å². The molecule has 1 fully saturated rings. The van der Waals surface area contributed by atoms with E-state index in [0.29, 0.717) is 32.6 Å². The molecule has 2 unspecified atom stereocenters. The maximum atomic E-state index is 12.2. The number of carbonyl (C=O) groups is 1. The van der Waals surface area contributed by atoms with Gasteiger partial charge in [-0.2, -0.15) is 13.2 Å². The fourth-order valence-electron chi connectivity index (χ4n) is 2.29. The van der Waals surface area contributed by atoms with Crippen molar-refractivity contribution in [2.24, 2.45) is 11.8 Å². The third-order valence-corrected chi connectivity index (χ3v) is 3.30. The summed E-state index contributed by atoms with van der Waals surface area (Å²) in [4.78, 5) is 13.1. The molecule has 1 aliphatic rings. The predicted molar refractivity (Wildman–Crippen MR) is 81.2 cm³/mol. The van der Waals surface area contributed by atoms with Gasteiger partial charge in [-0.05, 0) is 25.9 Å². The van der Waals surface area contributed by atoms with E-state index < -0.39 is 12.7 Å². The fourth-order valence-corrected chi connectivity index (χ4v) is 2.29. The lowest BCUT2D eigenvalue weighted by molar-refractivity contribution is -0.143. The van der Waals surface area contributed by atoms with Gasteiger partial charge in [-0.3, -0.25) is 9.69 Å². The lowest BCUT2D eigenvalue weighted by Crippen LogP contribution is -2.38. The molecular weight excluding hydrogens is 330 g/mol. The van der Waals surface area contributed by atoms with Gasteiger partial charge in [-0.15, -0.1) is 24.8 Å². The van der Waals surface area contributed by atoms with Crippen molar-refractivity contribution >= 4 is 30.7 Å². The third kappa shape index (κ3) is 9.39. The summed E-state index contributed by atoms with van der Waals surface area (Å²) in [6, 6.07) is 0. The van der Waals surface area contributed by atoms with Crippen LogP contribution in [-0.2, 0) is 4.79 Å². The molecule has 1 saturated heterocycles. The van der Waals surface area contributed by atoms with E-state index in [-0.39, 0.29) is 42.6 Å². The summed E-state index contributed by atoms with van der Waals surface area (Å²) in [6.07, 6.45) is -3.43. The first kappa shape index (κ1) is 23.0. The minimum atomic E-state index is -4.14. The lowest BCUT2D eigenvalue weighted by atomic mass is 10.1. The maximum Gasteiger partial charge on any atom is 0.401 e. The zero-order chi connectivity index (χ0) is 14.5. The summed E-state index contributed by atoms with van der Waals surface area (Å²) in [5.74, 6) is -0.0608. The average molecular weight is 354 g/mol. The molecule has 21 heavy (non-hydrogen) atoms. The standard InChI is InChI=1S/C12H22F3N3O.2ClH/c1-9(5-16-2)11(19)17-6-10-3-4-18(7-10)8-12(13,14)15;;/h9-10,16H,3-8H2,1-2H3,(H,17,19);2*1H. The number of nitrogens with one attached hydrogen (secondary N) is 2. The van der Waals surface area contributed by atoms with Gasteiger partial charge in [0, 0.05) is 25.6 Å². The second kappa shape index (κ2) is 10.5. The SMILES string of the molecule is CNCC(C)C(=O)NCC1CCN(CC(F)(F)F)C1.Cl.Cl. The molecule has 0 aromatic heterocycles. The van der Waals surface area contributed by atoms with Gasteiger partial charge >= 0.3 is 6.18 Å². The molecule has 2 N–H and O–H groups in total. The van der Waals surface area contributed by atoms with Gasteiger partial charge in [0.1, 0.15) is 0 Å². The van der Waals surface area contributed by atoms with E-state index in [4.69, 9.17) is 0 Å². The number of carbonyl (C=O) groups excluding carboxylic acids is 1. The Bertz CT molecular complexity index is 306. The van der Waals surface area contributed by atoms with Gasteiger partial charge in [0.2, 0.25) is 5.91 Å². The molecule has 0 aromatic carbocycles. The van der Waals surface area contributed by atoms with Gasteiger partial charge in [-0.25, -0.2) is 0 Å². The molecule has 1 heterocycles. The number of hydrogen-bond acceptors (Lipinski definition) is 3. The van der Waals surface area contributed by atoms with Crippen molar-refractivity contribution in [2.75, 3.05) is 39.8 Å². The molecule has 0 aromatic rings. The summed E-state index contributed by atoms with van der Waals surface area (Å²) in [5.41, 5.74) is 0. The van der Waals surface area contributed by atoms with Crippen LogP contribution in [0.3, 0.4) is 0 Å². The van der Waals surface area contributed by atoms with E-state index in [0.717, 1.165) is 0 Å². The van der Waals surface area contributed by atoms with E-state index in [1.165, 1.54) is 4.90 Å². The molecule has 0 spiro atoms. The topological polar surface area (TPSA) is 44.4 Å². The normalized spacial score (nSPS) is 20.3. The van der Waals surface area contributed by atoms with Crippen LogP contribution in [0.15, 0.2) is 0 Å². The van der Waals surface area contributed by atoms with Crippen LogP contribution in [0.25, 0.3) is 0 Å². The number of hydrogen-bond donors (Lipinski definition) is 2. The minimum absolute atomic E-state index is 0. The van der Waals surface area contributed by atoms with Gasteiger partial charge in [-0.1, -0.05) is 6.92 Å². The maximum absolute atomic E-state index is 12.2. The number of amides is 1. The smallest absolute Gasteiger partial charge is 0.356 e.